The maximum absolute atomic E-state index is 11.6. The molecule has 1 atom stereocenters. The van der Waals surface area contributed by atoms with E-state index in [9.17, 15) is 4.79 Å². The Labute approximate surface area is 93.6 Å². The van der Waals surface area contributed by atoms with E-state index in [1.807, 2.05) is 0 Å². The van der Waals surface area contributed by atoms with Crippen molar-refractivity contribution in [2.24, 2.45) is 0 Å². The standard InChI is InChI=1S/C10H15N5O/c1-6(10(16)13-7-2-3-7)12-9-5-4-8(11)14-15-9/h4-7H,2-3H2,1H3,(H2,11,14)(H,12,15)(H,13,16). The molecule has 0 aliphatic heterocycles. The maximum atomic E-state index is 11.6. The van der Waals surface area contributed by atoms with E-state index in [-0.39, 0.29) is 11.9 Å². The SMILES string of the molecule is CC(Nc1ccc(N)nn1)C(=O)NC1CC1. The Kier molecular flexibility index (Phi) is 2.89. The van der Waals surface area contributed by atoms with E-state index in [0.717, 1.165) is 12.8 Å². The molecule has 0 saturated heterocycles. The van der Waals surface area contributed by atoms with Gasteiger partial charge in [0.05, 0.1) is 0 Å². The van der Waals surface area contributed by atoms with Gasteiger partial charge in [-0.05, 0) is 31.9 Å². The molecule has 0 bridgehead atoms. The summed E-state index contributed by atoms with van der Waals surface area (Å²) >= 11 is 0. The summed E-state index contributed by atoms with van der Waals surface area (Å²) in [5.74, 6) is 0.898. The predicted octanol–water partition coefficient (Wildman–Crippen LogP) is 0.138. The first-order valence-corrected chi connectivity index (χ1v) is 5.31. The molecule has 6 heteroatoms. The van der Waals surface area contributed by atoms with E-state index in [1.165, 1.54) is 0 Å². The maximum Gasteiger partial charge on any atom is 0.242 e. The van der Waals surface area contributed by atoms with E-state index in [0.29, 0.717) is 17.7 Å². The molecule has 0 radical (unpaired) electrons. The number of hydrogen-bond donors (Lipinski definition) is 3. The second-order valence-electron chi connectivity index (χ2n) is 3.99. The number of nitrogens with one attached hydrogen (secondary N) is 2. The van der Waals surface area contributed by atoms with Gasteiger partial charge >= 0.3 is 0 Å². The van der Waals surface area contributed by atoms with Crippen molar-refractivity contribution < 1.29 is 4.79 Å². The first-order valence-electron chi connectivity index (χ1n) is 5.31. The number of nitrogen functional groups attached to an aromatic ring is 1. The zero-order chi connectivity index (χ0) is 11.5. The van der Waals surface area contributed by atoms with Crippen molar-refractivity contribution >= 4 is 17.5 Å². The van der Waals surface area contributed by atoms with Crippen LogP contribution in [0.1, 0.15) is 19.8 Å². The minimum atomic E-state index is -0.321. The van der Waals surface area contributed by atoms with Crippen LogP contribution in [0.2, 0.25) is 0 Å². The second kappa shape index (κ2) is 4.34. The number of hydrogen-bond acceptors (Lipinski definition) is 5. The molecule has 0 aromatic carbocycles. The van der Waals surface area contributed by atoms with Crippen LogP contribution in [0.15, 0.2) is 12.1 Å². The van der Waals surface area contributed by atoms with E-state index in [2.05, 4.69) is 20.8 Å². The number of amides is 1. The van der Waals surface area contributed by atoms with Crippen LogP contribution in [0.3, 0.4) is 0 Å². The zero-order valence-electron chi connectivity index (χ0n) is 9.10. The van der Waals surface area contributed by atoms with Gasteiger partial charge in [0.15, 0.2) is 0 Å². The molecule has 1 amide bonds. The number of carbonyl (C=O) groups is 1. The van der Waals surface area contributed by atoms with Gasteiger partial charge in [-0.2, -0.15) is 0 Å². The summed E-state index contributed by atoms with van der Waals surface area (Å²) in [6.07, 6.45) is 2.17. The van der Waals surface area contributed by atoms with Crippen molar-refractivity contribution in [3.63, 3.8) is 0 Å². The number of nitrogens with zero attached hydrogens (tertiary/aromatic N) is 2. The molecule has 16 heavy (non-hydrogen) atoms. The molecule has 1 aliphatic carbocycles. The molecule has 1 unspecified atom stereocenters. The van der Waals surface area contributed by atoms with E-state index < -0.39 is 0 Å². The normalized spacial score (nSPS) is 16.6. The quantitative estimate of drug-likeness (QED) is 0.672. The third kappa shape index (κ3) is 2.82. The highest BCUT2D eigenvalue weighted by atomic mass is 16.2. The van der Waals surface area contributed by atoms with Crippen molar-refractivity contribution in [3.05, 3.63) is 12.1 Å². The molecular formula is C10H15N5O. The molecular weight excluding hydrogens is 206 g/mol. The molecule has 86 valence electrons. The van der Waals surface area contributed by atoms with Crippen molar-refractivity contribution in [2.75, 3.05) is 11.1 Å². The average Bonchev–Trinajstić information content (AvgIpc) is 3.05. The fourth-order valence-electron chi connectivity index (χ4n) is 1.26. The molecule has 1 saturated carbocycles. The van der Waals surface area contributed by atoms with Crippen LogP contribution in [0.5, 0.6) is 0 Å². The summed E-state index contributed by atoms with van der Waals surface area (Å²) in [4.78, 5) is 11.6. The van der Waals surface area contributed by atoms with Crippen LogP contribution < -0.4 is 16.4 Å². The first-order chi connectivity index (χ1) is 7.65. The summed E-state index contributed by atoms with van der Waals surface area (Å²) in [5, 5.41) is 13.4. The second-order valence-corrected chi connectivity index (χ2v) is 3.99. The minimum Gasteiger partial charge on any atom is -0.382 e. The number of anilines is 2. The number of rotatable bonds is 4. The van der Waals surface area contributed by atoms with Crippen molar-refractivity contribution in [1.82, 2.24) is 15.5 Å². The van der Waals surface area contributed by atoms with Crippen molar-refractivity contribution in [3.8, 4) is 0 Å². The summed E-state index contributed by atoms with van der Waals surface area (Å²) in [6.45, 7) is 1.79. The smallest absolute Gasteiger partial charge is 0.242 e. The molecule has 1 aromatic heterocycles. The number of aromatic nitrogens is 2. The Hall–Kier alpha value is -1.85. The number of carbonyl (C=O) groups excluding carboxylic acids is 1. The summed E-state index contributed by atoms with van der Waals surface area (Å²) in [5.41, 5.74) is 5.41. The lowest BCUT2D eigenvalue weighted by atomic mass is 10.3. The first kappa shape index (κ1) is 10.7. The lowest BCUT2D eigenvalue weighted by Crippen LogP contribution is -2.38. The minimum absolute atomic E-state index is 0.0128. The summed E-state index contributed by atoms with van der Waals surface area (Å²) in [7, 11) is 0. The molecule has 6 nitrogen and oxygen atoms in total. The Morgan fingerprint density at radius 3 is 2.81 bits per heavy atom. The fraction of sp³-hybridized carbons (Fsp3) is 0.500. The van der Waals surface area contributed by atoms with Crippen LogP contribution in [0, 0.1) is 0 Å². The van der Waals surface area contributed by atoms with Gasteiger partial charge in [-0.15, -0.1) is 10.2 Å². The third-order valence-corrected chi connectivity index (χ3v) is 2.37. The van der Waals surface area contributed by atoms with Gasteiger partial charge < -0.3 is 16.4 Å². The molecule has 4 N–H and O–H groups in total. The third-order valence-electron chi connectivity index (χ3n) is 2.37. The highest BCUT2D eigenvalue weighted by Gasteiger charge is 2.25. The molecule has 1 aromatic rings. The van der Waals surface area contributed by atoms with Gasteiger partial charge in [0, 0.05) is 6.04 Å². The predicted molar refractivity (Wildman–Crippen MR) is 60.7 cm³/mol. The topological polar surface area (TPSA) is 92.9 Å². The van der Waals surface area contributed by atoms with E-state index in [4.69, 9.17) is 5.73 Å². The lowest BCUT2D eigenvalue weighted by molar-refractivity contribution is -0.121. The van der Waals surface area contributed by atoms with Crippen LogP contribution >= 0.6 is 0 Å². The van der Waals surface area contributed by atoms with Crippen LogP contribution in [-0.2, 0) is 4.79 Å². The highest BCUT2D eigenvalue weighted by molar-refractivity contribution is 5.84. The summed E-state index contributed by atoms with van der Waals surface area (Å²) < 4.78 is 0. The Morgan fingerprint density at radius 1 is 1.50 bits per heavy atom. The fourth-order valence-corrected chi connectivity index (χ4v) is 1.26. The Bertz CT molecular complexity index is 373. The Balaban J connectivity index is 1.87. The molecule has 2 rings (SSSR count). The number of nitrogens with two attached hydrogens (primary N) is 1. The van der Waals surface area contributed by atoms with Gasteiger partial charge in [0.2, 0.25) is 5.91 Å². The van der Waals surface area contributed by atoms with Crippen LogP contribution in [0.4, 0.5) is 11.6 Å². The van der Waals surface area contributed by atoms with Gasteiger partial charge in [-0.25, -0.2) is 0 Å². The lowest BCUT2D eigenvalue weighted by Gasteiger charge is -2.13. The van der Waals surface area contributed by atoms with Crippen LogP contribution in [0.25, 0.3) is 0 Å². The van der Waals surface area contributed by atoms with Crippen molar-refractivity contribution in [1.29, 1.82) is 0 Å². The van der Waals surface area contributed by atoms with E-state index in [1.54, 1.807) is 19.1 Å². The zero-order valence-corrected chi connectivity index (χ0v) is 9.10. The monoisotopic (exact) mass is 221 g/mol. The molecule has 1 heterocycles. The highest BCUT2D eigenvalue weighted by Crippen LogP contribution is 2.18. The molecule has 0 spiro atoms. The van der Waals surface area contributed by atoms with Gasteiger partial charge in [-0.3, -0.25) is 4.79 Å². The van der Waals surface area contributed by atoms with Gasteiger partial charge in [-0.1, -0.05) is 0 Å². The average molecular weight is 221 g/mol. The Morgan fingerprint density at radius 2 is 2.25 bits per heavy atom. The van der Waals surface area contributed by atoms with Gasteiger partial charge in [0.25, 0.3) is 0 Å². The van der Waals surface area contributed by atoms with Crippen molar-refractivity contribution in [2.45, 2.75) is 31.8 Å². The molecule has 1 aliphatic rings. The van der Waals surface area contributed by atoms with E-state index >= 15 is 0 Å². The largest absolute Gasteiger partial charge is 0.382 e. The summed E-state index contributed by atoms with van der Waals surface area (Å²) in [6, 6.07) is 3.39. The molecule has 1 fully saturated rings. The van der Waals surface area contributed by atoms with Crippen LogP contribution in [-0.4, -0.2) is 28.2 Å². The van der Waals surface area contributed by atoms with Gasteiger partial charge in [0.1, 0.15) is 17.7 Å².